The number of thioether (sulfide) groups is 1. The minimum Gasteiger partial charge on any atom is -0.316 e. The fourth-order valence-electron chi connectivity index (χ4n) is 3.12. The summed E-state index contributed by atoms with van der Waals surface area (Å²) in [6.45, 7) is 7.84. The zero-order valence-corrected chi connectivity index (χ0v) is 16.8. The number of aryl methyl sites for hydroxylation is 1. The van der Waals surface area contributed by atoms with Crippen molar-refractivity contribution in [2.24, 2.45) is 0 Å². The van der Waals surface area contributed by atoms with E-state index in [0.29, 0.717) is 9.93 Å². The van der Waals surface area contributed by atoms with Crippen LogP contribution in [0, 0.1) is 13.8 Å². The molecule has 6 heteroatoms. The zero-order chi connectivity index (χ0) is 19.0. The summed E-state index contributed by atoms with van der Waals surface area (Å²) in [5.41, 5.74) is 3.81. The van der Waals surface area contributed by atoms with Crippen molar-refractivity contribution in [3.63, 3.8) is 0 Å². The molecule has 2 aromatic rings. The minimum absolute atomic E-state index is 0.0936. The summed E-state index contributed by atoms with van der Waals surface area (Å²) in [6, 6.07) is 9.57. The van der Waals surface area contributed by atoms with Gasteiger partial charge in [0.05, 0.1) is 15.6 Å². The second-order valence-electron chi connectivity index (χ2n) is 6.42. The first kappa shape index (κ1) is 18.8. The summed E-state index contributed by atoms with van der Waals surface area (Å²) in [5, 5.41) is 0.466. The van der Waals surface area contributed by atoms with E-state index in [1.807, 2.05) is 64.1 Å². The Hall–Kier alpha value is -1.98. The fraction of sp³-hybridized carbons (Fsp3) is 0.300. The molecular formula is C20H21ClN2O2S. The average molecular weight is 389 g/mol. The van der Waals surface area contributed by atoms with E-state index in [1.54, 1.807) is 0 Å². The number of benzene rings is 1. The molecule has 0 N–H and O–H groups in total. The van der Waals surface area contributed by atoms with Crippen molar-refractivity contribution >= 4 is 40.6 Å². The van der Waals surface area contributed by atoms with Gasteiger partial charge in [-0.3, -0.25) is 14.5 Å². The quantitative estimate of drug-likeness (QED) is 0.642. The standard InChI is InChI=1S/C20H21ClN2O2S/c1-5-12(2)23-19(24)18(26-20(23)25)11-15-10-13(3)22(14(15)4)17-9-7-6-8-16(17)21/h6-12H,5H2,1-4H3/b18-11+/t12-/m1/s1. The molecule has 136 valence electrons. The van der Waals surface area contributed by atoms with Gasteiger partial charge in [0.2, 0.25) is 0 Å². The maximum absolute atomic E-state index is 12.6. The molecule has 3 rings (SSSR count). The Balaban J connectivity index is 2.01. The van der Waals surface area contributed by atoms with Crippen molar-refractivity contribution in [1.82, 2.24) is 9.47 Å². The van der Waals surface area contributed by atoms with E-state index in [9.17, 15) is 9.59 Å². The summed E-state index contributed by atoms with van der Waals surface area (Å²) in [6.07, 6.45) is 2.55. The summed E-state index contributed by atoms with van der Waals surface area (Å²) in [7, 11) is 0. The Bertz CT molecular complexity index is 917. The highest BCUT2D eigenvalue weighted by Crippen LogP contribution is 2.35. The first-order valence-electron chi connectivity index (χ1n) is 8.56. The van der Waals surface area contributed by atoms with Crippen molar-refractivity contribution in [1.29, 1.82) is 0 Å². The molecule has 0 saturated carbocycles. The molecule has 1 aromatic carbocycles. The lowest BCUT2D eigenvalue weighted by molar-refractivity contribution is -0.124. The highest BCUT2D eigenvalue weighted by molar-refractivity contribution is 8.18. The first-order chi connectivity index (χ1) is 12.3. The number of hydrogen-bond donors (Lipinski definition) is 0. The summed E-state index contributed by atoms with van der Waals surface area (Å²) >= 11 is 7.35. The molecule has 1 aromatic heterocycles. The number of amides is 2. The predicted octanol–water partition coefficient (Wildman–Crippen LogP) is 5.58. The van der Waals surface area contributed by atoms with Crippen molar-refractivity contribution in [2.45, 2.75) is 40.2 Å². The number of para-hydroxylation sites is 1. The molecule has 0 radical (unpaired) electrons. The molecule has 26 heavy (non-hydrogen) atoms. The number of carbonyl (C=O) groups is 2. The Labute approximate surface area is 162 Å². The lowest BCUT2D eigenvalue weighted by Gasteiger charge is -2.19. The van der Waals surface area contributed by atoms with E-state index in [2.05, 4.69) is 4.57 Å². The van der Waals surface area contributed by atoms with Crippen molar-refractivity contribution in [2.75, 3.05) is 0 Å². The highest BCUT2D eigenvalue weighted by atomic mass is 35.5. The molecule has 0 bridgehead atoms. The molecule has 1 saturated heterocycles. The van der Waals surface area contributed by atoms with Gasteiger partial charge in [-0.2, -0.15) is 0 Å². The van der Waals surface area contributed by atoms with Crippen LogP contribution in [0.1, 0.15) is 37.2 Å². The largest absolute Gasteiger partial charge is 0.316 e. The van der Waals surface area contributed by atoms with Crippen molar-refractivity contribution in [3.8, 4) is 5.69 Å². The zero-order valence-electron chi connectivity index (χ0n) is 15.2. The number of hydrogen-bond acceptors (Lipinski definition) is 3. The molecule has 1 atom stereocenters. The van der Waals surface area contributed by atoms with E-state index in [1.165, 1.54) is 4.90 Å². The van der Waals surface area contributed by atoms with Crippen LogP contribution in [-0.2, 0) is 4.79 Å². The molecule has 0 unspecified atom stereocenters. The first-order valence-corrected chi connectivity index (χ1v) is 9.75. The van der Waals surface area contributed by atoms with Crippen LogP contribution in [0.25, 0.3) is 11.8 Å². The van der Waals surface area contributed by atoms with E-state index in [4.69, 9.17) is 11.6 Å². The van der Waals surface area contributed by atoms with E-state index in [-0.39, 0.29) is 17.2 Å². The van der Waals surface area contributed by atoms with Crippen LogP contribution in [-0.4, -0.2) is 26.7 Å². The van der Waals surface area contributed by atoms with Gasteiger partial charge in [-0.1, -0.05) is 30.7 Å². The van der Waals surface area contributed by atoms with Crippen LogP contribution in [0.4, 0.5) is 4.79 Å². The number of imide groups is 1. The number of aromatic nitrogens is 1. The second kappa shape index (κ2) is 7.33. The molecule has 4 nitrogen and oxygen atoms in total. The van der Waals surface area contributed by atoms with Crippen LogP contribution >= 0.6 is 23.4 Å². The van der Waals surface area contributed by atoms with E-state index < -0.39 is 0 Å². The number of halogens is 1. The lowest BCUT2D eigenvalue weighted by Crippen LogP contribution is -2.36. The molecule has 1 aliphatic heterocycles. The van der Waals surface area contributed by atoms with Gasteiger partial charge in [-0.05, 0) is 68.8 Å². The van der Waals surface area contributed by atoms with Gasteiger partial charge in [-0.15, -0.1) is 0 Å². The van der Waals surface area contributed by atoms with Crippen LogP contribution in [0.2, 0.25) is 5.02 Å². The van der Waals surface area contributed by atoms with Gasteiger partial charge < -0.3 is 4.57 Å². The van der Waals surface area contributed by atoms with Crippen LogP contribution in [0.15, 0.2) is 35.2 Å². The smallest absolute Gasteiger partial charge is 0.293 e. The van der Waals surface area contributed by atoms with Crippen LogP contribution in [0.5, 0.6) is 0 Å². The van der Waals surface area contributed by atoms with Crippen LogP contribution in [0.3, 0.4) is 0 Å². The molecule has 1 aliphatic rings. The maximum Gasteiger partial charge on any atom is 0.293 e. The monoisotopic (exact) mass is 388 g/mol. The Morgan fingerprint density at radius 1 is 1.23 bits per heavy atom. The Morgan fingerprint density at radius 2 is 1.92 bits per heavy atom. The molecule has 2 amide bonds. The summed E-state index contributed by atoms with van der Waals surface area (Å²) in [5.74, 6) is -0.211. The van der Waals surface area contributed by atoms with Crippen LogP contribution < -0.4 is 0 Å². The van der Waals surface area contributed by atoms with Gasteiger partial charge in [0.1, 0.15) is 0 Å². The van der Waals surface area contributed by atoms with Crippen molar-refractivity contribution < 1.29 is 9.59 Å². The topological polar surface area (TPSA) is 42.3 Å². The lowest BCUT2D eigenvalue weighted by atomic mass is 10.2. The SMILES string of the molecule is CC[C@@H](C)N1C(=O)S/C(=C/c2cc(C)n(-c3ccccc3Cl)c2C)C1=O. The number of nitrogens with zero attached hydrogens (tertiary/aromatic N) is 2. The fourth-order valence-corrected chi connectivity index (χ4v) is 4.26. The summed E-state index contributed by atoms with van der Waals surface area (Å²) in [4.78, 5) is 26.7. The van der Waals surface area contributed by atoms with Gasteiger partial charge in [0.15, 0.2) is 0 Å². The van der Waals surface area contributed by atoms with Gasteiger partial charge in [0.25, 0.3) is 11.1 Å². The summed E-state index contributed by atoms with van der Waals surface area (Å²) < 4.78 is 2.06. The molecule has 0 spiro atoms. The Morgan fingerprint density at radius 3 is 2.58 bits per heavy atom. The Kier molecular flexibility index (Phi) is 5.30. The van der Waals surface area contributed by atoms with Gasteiger partial charge >= 0.3 is 0 Å². The van der Waals surface area contributed by atoms with E-state index in [0.717, 1.165) is 40.8 Å². The predicted molar refractivity (Wildman–Crippen MR) is 108 cm³/mol. The highest BCUT2D eigenvalue weighted by Gasteiger charge is 2.37. The van der Waals surface area contributed by atoms with E-state index >= 15 is 0 Å². The third-order valence-corrected chi connectivity index (χ3v) is 5.91. The number of rotatable bonds is 4. The van der Waals surface area contributed by atoms with Gasteiger partial charge in [-0.25, -0.2) is 0 Å². The van der Waals surface area contributed by atoms with Gasteiger partial charge in [0, 0.05) is 17.4 Å². The third kappa shape index (κ3) is 3.21. The molecule has 1 fully saturated rings. The minimum atomic E-state index is -0.211. The third-order valence-electron chi connectivity index (χ3n) is 4.71. The molecule has 2 heterocycles. The second-order valence-corrected chi connectivity index (χ2v) is 7.82. The van der Waals surface area contributed by atoms with Crippen molar-refractivity contribution in [3.05, 3.63) is 57.2 Å². The molecule has 0 aliphatic carbocycles. The maximum atomic E-state index is 12.6. The number of carbonyl (C=O) groups excluding carboxylic acids is 2. The molecular weight excluding hydrogens is 368 g/mol. The normalized spacial score (nSPS) is 17.4. The average Bonchev–Trinajstić information content (AvgIpc) is 3.04.